The molecule has 1 fully saturated rings. The highest BCUT2D eigenvalue weighted by Gasteiger charge is 2.27. The van der Waals surface area contributed by atoms with E-state index >= 15 is 0 Å². The van der Waals surface area contributed by atoms with Crippen molar-refractivity contribution in [3.8, 4) is 5.75 Å². The molecule has 0 radical (unpaired) electrons. The molecule has 0 N–H and O–H groups in total. The molecule has 1 atom stereocenters. The molecular weight excluding hydrogens is 331 g/mol. The summed E-state index contributed by atoms with van der Waals surface area (Å²) in [6, 6.07) is 14.4. The van der Waals surface area contributed by atoms with Gasteiger partial charge in [0.05, 0.1) is 13.5 Å². The van der Waals surface area contributed by atoms with Crippen molar-refractivity contribution in [2.24, 2.45) is 0 Å². The molecule has 138 valence electrons. The van der Waals surface area contributed by atoms with Crippen molar-refractivity contribution in [2.75, 3.05) is 26.7 Å². The number of methoxy groups -OCH3 is 1. The third kappa shape index (κ3) is 4.61. The van der Waals surface area contributed by atoms with E-state index in [0.29, 0.717) is 13.0 Å². The fourth-order valence-corrected chi connectivity index (χ4v) is 3.45. The first kappa shape index (κ1) is 18.4. The van der Waals surface area contributed by atoms with E-state index in [-0.39, 0.29) is 17.8 Å². The van der Waals surface area contributed by atoms with Crippen LogP contribution in [0, 0.1) is 5.82 Å². The molecule has 0 aliphatic carbocycles. The number of carbonyl (C=O) groups is 1. The number of hydrogen-bond donors (Lipinski definition) is 0. The zero-order valence-electron chi connectivity index (χ0n) is 15.3. The minimum Gasteiger partial charge on any atom is -0.497 e. The van der Waals surface area contributed by atoms with E-state index in [1.807, 2.05) is 17.0 Å². The number of amides is 1. The van der Waals surface area contributed by atoms with Crippen molar-refractivity contribution >= 4 is 5.91 Å². The standard InChI is InChI=1S/C21H25FN2O2/c1-16-14-23(15-18-4-3-5-20(12-18)26-2)10-11-24(16)21(25)13-17-6-8-19(22)9-7-17/h3-9,12,16H,10-11,13-15H2,1-2H3/t16-/m0/s1. The lowest BCUT2D eigenvalue weighted by Gasteiger charge is -2.40. The summed E-state index contributed by atoms with van der Waals surface area (Å²) in [4.78, 5) is 16.9. The highest BCUT2D eigenvalue weighted by atomic mass is 19.1. The fourth-order valence-electron chi connectivity index (χ4n) is 3.45. The van der Waals surface area contributed by atoms with E-state index in [1.54, 1.807) is 19.2 Å². The summed E-state index contributed by atoms with van der Waals surface area (Å²) in [7, 11) is 1.67. The molecule has 0 saturated carbocycles. The lowest BCUT2D eigenvalue weighted by molar-refractivity contribution is -0.135. The molecule has 2 aromatic rings. The van der Waals surface area contributed by atoms with Gasteiger partial charge in [0.15, 0.2) is 0 Å². The van der Waals surface area contributed by atoms with Gasteiger partial charge in [-0.05, 0) is 42.3 Å². The molecule has 26 heavy (non-hydrogen) atoms. The minimum absolute atomic E-state index is 0.102. The van der Waals surface area contributed by atoms with Gasteiger partial charge < -0.3 is 9.64 Å². The number of nitrogens with zero attached hydrogens (tertiary/aromatic N) is 2. The Balaban J connectivity index is 1.55. The zero-order chi connectivity index (χ0) is 18.5. The van der Waals surface area contributed by atoms with Gasteiger partial charge in [0.25, 0.3) is 0 Å². The van der Waals surface area contributed by atoms with Gasteiger partial charge in [0.2, 0.25) is 5.91 Å². The van der Waals surface area contributed by atoms with Gasteiger partial charge in [-0.2, -0.15) is 0 Å². The molecule has 4 nitrogen and oxygen atoms in total. The van der Waals surface area contributed by atoms with Crippen LogP contribution in [0.25, 0.3) is 0 Å². The molecule has 2 aromatic carbocycles. The van der Waals surface area contributed by atoms with Crippen LogP contribution in [0.4, 0.5) is 4.39 Å². The molecule has 1 aliphatic heterocycles. The Morgan fingerprint density at radius 1 is 1.15 bits per heavy atom. The normalized spacial score (nSPS) is 18.0. The summed E-state index contributed by atoms with van der Waals surface area (Å²) in [5.74, 6) is 0.689. The van der Waals surface area contributed by atoms with Crippen molar-refractivity contribution in [3.63, 3.8) is 0 Å². The number of ether oxygens (including phenoxy) is 1. The first-order chi connectivity index (χ1) is 12.5. The average molecular weight is 356 g/mol. The lowest BCUT2D eigenvalue weighted by Crippen LogP contribution is -2.54. The van der Waals surface area contributed by atoms with Gasteiger partial charge >= 0.3 is 0 Å². The van der Waals surface area contributed by atoms with Crippen molar-refractivity contribution in [2.45, 2.75) is 25.9 Å². The number of hydrogen-bond acceptors (Lipinski definition) is 3. The Morgan fingerprint density at radius 3 is 2.62 bits per heavy atom. The molecule has 0 aromatic heterocycles. The first-order valence-electron chi connectivity index (χ1n) is 8.94. The fraction of sp³-hybridized carbons (Fsp3) is 0.381. The highest BCUT2D eigenvalue weighted by molar-refractivity contribution is 5.79. The van der Waals surface area contributed by atoms with E-state index < -0.39 is 0 Å². The van der Waals surface area contributed by atoms with E-state index in [9.17, 15) is 9.18 Å². The average Bonchev–Trinajstić information content (AvgIpc) is 2.64. The summed E-state index contributed by atoms with van der Waals surface area (Å²) in [6.45, 7) is 5.33. The van der Waals surface area contributed by atoms with Crippen LogP contribution in [0.2, 0.25) is 0 Å². The number of piperazine rings is 1. The number of rotatable bonds is 5. The third-order valence-corrected chi connectivity index (χ3v) is 4.84. The second-order valence-corrected chi connectivity index (χ2v) is 6.83. The molecule has 1 heterocycles. The number of benzene rings is 2. The number of carbonyl (C=O) groups excluding carboxylic acids is 1. The summed E-state index contributed by atoms with van der Waals surface area (Å²) in [6.07, 6.45) is 0.320. The molecule has 3 rings (SSSR count). The van der Waals surface area contributed by atoms with Crippen LogP contribution in [0.1, 0.15) is 18.1 Å². The predicted octanol–water partition coefficient (Wildman–Crippen LogP) is 3.11. The molecular formula is C21H25FN2O2. The second-order valence-electron chi connectivity index (χ2n) is 6.83. The predicted molar refractivity (Wildman–Crippen MR) is 99.6 cm³/mol. The van der Waals surface area contributed by atoms with Crippen LogP contribution in [-0.4, -0.2) is 48.5 Å². The van der Waals surface area contributed by atoms with Gasteiger partial charge in [0.1, 0.15) is 11.6 Å². The maximum absolute atomic E-state index is 13.0. The van der Waals surface area contributed by atoms with E-state index in [0.717, 1.165) is 30.9 Å². The smallest absolute Gasteiger partial charge is 0.227 e. The molecule has 1 amide bonds. The molecule has 0 unspecified atom stereocenters. The maximum atomic E-state index is 13.0. The lowest BCUT2D eigenvalue weighted by atomic mass is 10.1. The van der Waals surface area contributed by atoms with Crippen LogP contribution < -0.4 is 4.74 Å². The van der Waals surface area contributed by atoms with Gasteiger partial charge in [-0.1, -0.05) is 24.3 Å². The second kappa shape index (κ2) is 8.32. The minimum atomic E-state index is -0.277. The maximum Gasteiger partial charge on any atom is 0.227 e. The largest absolute Gasteiger partial charge is 0.497 e. The van der Waals surface area contributed by atoms with Crippen LogP contribution in [-0.2, 0) is 17.8 Å². The summed E-state index contributed by atoms with van der Waals surface area (Å²) < 4.78 is 18.3. The summed E-state index contributed by atoms with van der Waals surface area (Å²) in [5, 5.41) is 0. The molecule has 0 bridgehead atoms. The SMILES string of the molecule is COc1cccc(CN2CCN(C(=O)Cc3ccc(F)cc3)[C@@H](C)C2)c1. The van der Waals surface area contributed by atoms with E-state index in [4.69, 9.17) is 4.74 Å². The van der Waals surface area contributed by atoms with Crippen molar-refractivity contribution in [1.29, 1.82) is 0 Å². The molecule has 1 saturated heterocycles. The molecule has 5 heteroatoms. The van der Waals surface area contributed by atoms with Gasteiger partial charge in [-0.15, -0.1) is 0 Å². The van der Waals surface area contributed by atoms with Crippen LogP contribution >= 0.6 is 0 Å². The van der Waals surface area contributed by atoms with Crippen molar-refractivity contribution < 1.29 is 13.9 Å². The van der Waals surface area contributed by atoms with Crippen molar-refractivity contribution in [3.05, 3.63) is 65.5 Å². The van der Waals surface area contributed by atoms with Gasteiger partial charge in [0, 0.05) is 32.2 Å². The topological polar surface area (TPSA) is 32.8 Å². The summed E-state index contributed by atoms with van der Waals surface area (Å²) >= 11 is 0. The molecule has 1 aliphatic rings. The Bertz CT molecular complexity index is 748. The van der Waals surface area contributed by atoms with Gasteiger partial charge in [-0.25, -0.2) is 4.39 Å². The van der Waals surface area contributed by atoms with Crippen LogP contribution in [0.3, 0.4) is 0 Å². The quantitative estimate of drug-likeness (QED) is 0.825. The Hall–Kier alpha value is -2.40. The Morgan fingerprint density at radius 2 is 1.92 bits per heavy atom. The van der Waals surface area contributed by atoms with Crippen LogP contribution in [0.15, 0.2) is 48.5 Å². The first-order valence-corrected chi connectivity index (χ1v) is 8.94. The Labute approximate surface area is 154 Å². The molecule has 0 spiro atoms. The van der Waals surface area contributed by atoms with E-state index in [2.05, 4.69) is 24.0 Å². The monoisotopic (exact) mass is 356 g/mol. The zero-order valence-corrected chi connectivity index (χ0v) is 15.3. The Kier molecular flexibility index (Phi) is 5.89. The highest BCUT2D eigenvalue weighted by Crippen LogP contribution is 2.18. The van der Waals surface area contributed by atoms with Crippen LogP contribution in [0.5, 0.6) is 5.75 Å². The van der Waals surface area contributed by atoms with Gasteiger partial charge in [-0.3, -0.25) is 9.69 Å². The third-order valence-electron chi connectivity index (χ3n) is 4.84. The van der Waals surface area contributed by atoms with Crippen molar-refractivity contribution in [1.82, 2.24) is 9.80 Å². The summed E-state index contributed by atoms with van der Waals surface area (Å²) in [5.41, 5.74) is 2.06. The number of halogens is 1. The van der Waals surface area contributed by atoms with E-state index in [1.165, 1.54) is 17.7 Å².